The van der Waals surface area contributed by atoms with Gasteiger partial charge < -0.3 is 24.8 Å². The summed E-state index contributed by atoms with van der Waals surface area (Å²) in [7, 11) is 0. The highest BCUT2D eigenvalue weighted by Gasteiger charge is 2.27. The Morgan fingerprint density at radius 1 is 1.07 bits per heavy atom. The highest BCUT2D eigenvalue weighted by atomic mass is 16.7. The number of fused-ring (bicyclic) bond motifs is 1. The molecule has 0 spiro atoms. The first-order valence-corrected chi connectivity index (χ1v) is 10.8. The molecule has 1 fully saturated rings. The van der Waals surface area contributed by atoms with Crippen LogP contribution in [0.3, 0.4) is 0 Å². The minimum Gasteiger partial charge on any atom is -0.454 e. The molecule has 2 aromatic rings. The van der Waals surface area contributed by atoms with Crippen molar-refractivity contribution in [1.29, 1.82) is 0 Å². The maximum Gasteiger partial charge on any atom is 0.231 e. The first-order valence-electron chi connectivity index (χ1n) is 10.8. The molecule has 160 valence electrons. The largest absolute Gasteiger partial charge is 0.454 e. The first-order chi connectivity index (χ1) is 14.7. The Hall–Kier alpha value is -2.73. The molecule has 4 rings (SSSR count). The van der Waals surface area contributed by atoms with Crippen LogP contribution >= 0.6 is 0 Å². The SMILES string of the molecule is CCNC(=NCc1ccc2c(c1)OCO2)NCC1CCCOC1c1ccc(C)cc1. The summed E-state index contributed by atoms with van der Waals surface area (Å²) in [6, 6.07) is 14.7. The van der Waals surface area contributed by atoms with Crippen LogP contribution < -0.4 is 20.1 Å². The highest BCUT2D eigenvalue weighted by molar-refractivity contribution is 5.79. The Kier molecular flexibility index (Phi) is 6.74. The van der Waals surface area contributed by atoms with Gasteiger partial charge in [0.1, 0.15) is 0 Å². The van der Waals surface area contributed by atoms with Gasteiger partial charge in [0.15, 0.2) is 17.5 Å². The van der Waals surface area contributed by atoms with Crippen LogP contribution in [0.2, 0.25) is 0 Å². The number of guanidine groups is 1. The van der Waals surface area contributed by atoms with Crippen molar-refractivity contribution in [1.82, 2.24) is 10.6 Å². The molecular formula is C24H31N3O3. The highest BCUT2D eigenvalue weighted by Crippen LogP contribution is 2.34. The van der Waals surface area contributed by atoms with E-state index >= 15 is 0 Å². The Balaban J connectivity index is 1.39. The number of ether oxygens (including phenoxy) is 3. The standard InChI is InChI=1S/C24H31N3O3/c1-3-25-24(26-14-18-8-11-21-22(13-18)30-16-29-21)27-15-20-5-4-12-28-23(20)19-9-6-17(2)7-10-19/h6-11,13,20,23H,3-5,12,14-16H2,1-2H3,(H2,25,26,27). The van der Waals surface area contributed by atoms with Crippen molar-refractivity contribution < 1.29 is 14.2 Å². The number of nitrogens with zero attached hydrogens (tertiary/aromatic N) is 1. The third-order valence-electron chi connectivity index (χ3n) is 5.58. The molecule has 2 unspecified atom stereocenters. The van der Waals surface area contributed by atoms with Crippen molar-refractivity contribution in [3.63, 3.8) is 0 Å². The molecule has 2 heterocycles. The van der Waals surface area contributed by atoms with Crippen LogP contribution in [0.15, 0.2) is 47.5 Å². The zero-order chi connectivity index (χ0) is 20.8. The summed E-state index contributed by atoms with van der Waals surface area (Å²) in [4.78, 5) is 4.76. The van der Waals surface area contributed by atoms with Gasteiger partial charge in [0, 0.05) is 25.6 Å². The van der Waals surface area contributed by atoms with E-state index in [4.69, 9.17) is 19.2 Å². The second kappa shape index (κ2) is 9.85. The van der Waals surface area contributed by atoms with Crippen LogP contribution in [-0.2, 0) is 11.3 Å². The van der Waals surface area contributed by atoms with Gasteiger partial charge in [0.05, 0.1) is 12.6 Å². The van der Waals surface area contributed by atoms with E-state index in [0.29, 0.717) is 12.5 Å². The summed E-state index contributed by atoms with van der Waals surface area (Å²) in [5.74, 6) is 2.83. The molecule has 2 aromatic carbocycles. The molecule has 1 saturated heterocycles. The number of hydrogen-bond acceptors (Lipinski definition) is 4. The molecule has 0 radical (unpaired) electrons. The molecule has 2 atom stereocenters. The number of aliphatic imine (C=N–C) groups is 1. The lowest BCUT2D eigenvalue weighted by molar-refractivity contribution is -0.0265. The number of aryl methyl sites for hydroxylation is 1. The summed E-state index contributed by atoms with van der Waals surface area (Å²) in [6.45, 7) is 7.53. The molecule has 2 aliphatic heterocycles. The summed E-state index contributed by atoms with van der Waals surface area (Å²) >= 11 is 0. The first kappa shape index (κ1) is 20.5. The maximum absolute atomic E-state index is 6.15. The third kappa shape index (κ3) is 5.05. The summed E-state index contributed by atoms with van der Waals surface area (Å²) in [5.41, 5.74) is 3.62. The minimum atomic E-state index is 0.128. The predicted molar refractivity (Wildman–Crippen MR) is 118 cm³/mol. The van der Waals surface area contributed by atoms with E-state index in [2.05, 4.69) is 48.7 Å². The van der Waals surface area contributed by atoms with Crippen LogP contribution in [-0.4, -0.2) is 32.4 Å². The van der Waals surface area contributed by atoms with E-state index < -0.39 is 0 Å². The van der Waals surface area contributed by atoms with E-state index in [-0.39, 0.29) is 12.9 Å². The van der Waals surface area contributed by atoms with E-state index in [1.807, 2.05) is 18.2 Å². The molecule has 6 heteroatoms. The van der Waals surface area contributed by atoms with E-state index in [1.165, 1.54) is 11.1 Å². The second-order valence-corrected chi connectivity index (χ2v) is 7.87. The van der Waals surface area contributed by atoms with Crippen molar-refractivity contribution in [3.05, 3.63) is 59.2 Å². The Bertz CT molecular complexity index is 866. The average molecular weight is 410 g/mol. The third-order valence-corrected chi connectivity index (χ3v) is 5.58. The maximum atomic E-state index is 6.15. The molecule has 0 aliphatic carbocycles. The van der Waals surface area contributed by atoms with Gasteiger partial charge in [0.25, 0.3) is 0 Å². The van der Waals surface area contributed by atoms with Crippen LogP contribution in [0.5, 0.6) is 11.5 Å². The van der Waals surface area contributed by atoms with Gasteiger partial charge in [-0.3, -0.25) is 0 Å². The molecule has 0 bridgehead atoms. The molecule has 6 nitrogen and oxygen atoms in total. The molecular weight excluding hydrogens is 378 g/mol. The molecule has 0 saturated carbocycles. The van der Waals surface area contributed by atoms with Gasteiger partial charge in [-0.15, -0.1) is 0 Å². The smallest absolute Gasteiger partial charge is 0.231 e. The average Bonchev–Trinajstić information content (AvgIpc) is 3.24. The lowest BCUT2D eigenvalue weighted by Crippen LogP contribution is -2.42. The van der Waals surface area contributed by atoms with Crippen molar-refractivity contribution >= 4 is 5.96 Å². The van der Waals surface area contributed by atoms with E-state index in [1.54, 1.807) is 0 Å². The van der Waals surface area contributed by atoms with Crippen LogP contribution in [0, 0.1) is 12.8 Å². The lowest BCUT2D eigenvalue weighted by atomic mass is 9.89. The number of benzene rings is 2. The van der Waals surface area contributed by atoms with Crippen LogP contribution in [0.25, 0.3) is 0 Å². The molecule has 0 amide bonds. The molecule has 0 aromatic heterocycles. The summed E-state index contributed by atoms with van der Waals surface area (Å²) < 4.78 is 17.0. The summed E-state index contributed by atoms with van der Waals surface area (Å²) in [5, 5.41) is 6.88. The fraction of sp³-hybridized carbons (Fsp3) is 0.458. The number of hydrogen-bond donors (Lipinski definition) is 2. The van der Waals surface area contributed by atoms with Gasteiger partial charge >= 0.3 is 0 Å². The van der Waals surface area contributed by atoms with Crippen molar-refractivity contribution in [2.24, 2.45) is 10.9 Å². The van der Waals surface area contributed by atoms with Crippen molar-refractivity contribution in [3.8, 4) is 11.5 Å². The zero-order valence-electron chi connectivity index (χ0n) is 17.8. The normalized spacial score (nSPS) is 20.8. The summed E-state index contributed by atoms with van der Waals surface area (Å²) in [6.07, 6.45) is 2.37. The Labute approximate surface area is 178 Å². The Morgan fingerprint density at radius 3 is 2.73 bits per heavy atom. The van der Waals surface area contributed by atoms with Crippen molar-refractivity contribution in [2.45, 2.75) is 39.3 Å². The van der Waals surface area contributed by atoms with Crippen LogP contribution in [0.1, 0.15) is 42.6 Å². The van der Waals surface area contributed by atoms with Gasteiger partial charge in [-0.2, -0.15) is 0 Å². The Morgan fingerprint density at radius 2 is 1.90 bits per heavy atom. The number of nitrogens with one attached hydrogen (secondary N) is 2. The van der Waals surface area contributed by atoms with E-state index in [9.17, 15) is 0 Å². The monoisotopic (exact) mass is 409 g/mol. The van der Waals surface area contributed by atoms with Crippen molar-refractivity contribution in [2.75, 3.05) is 26.5 Å². The van der Waals surface area contributed by atoms with Gasteiger partial charge in [-0.25, -0.2) is 4.99 Å². The second-order valence-electron chi connectivity index (χ2n) is 7.87. The van der Waals surface area contributed by atoms with Gasteiger partial charge in [-0.05, 0) is 49.9 Å². The molecule has 2 aliphatic rings. The number of rotatable bonds is 6. The quantitative estimate of drug-likeness (QED) is 0.559. The lowest BCUT2D eigenvalue weighted by Gasteiger charge is -2.32. The van der Waals surface area contributed by atoms with E-state index in [0.717, 1.165) is 55.6 Å². The molecule has 30 heavy (non-hydrogen) atoms. The fourth-order valence-corrected chi connectivity index (χ4v) is 3.96. The fourth-order valence-electron chi connectivity index (χ4n) is 3.96. The molecule has 2 N–H and O–H groups in total. The van der Waals surface area contributed by atoms with Gasteiger partial charge in [-0.1, -0.05) is 35.9 Å². The minimum absolute atomic E-state index is 0.128. The topological polar surface area (TPSA) is 64.1 Å². The zero-order valence-corrected chi connectivity index (χ0v) is 17.8. The van der Waals surface area contributed by atoms with Crippen LogP contribution in [0.4, 0.5) is 0 Å². The van der Waals surface area contributed by atoms with Gasteiger partial charge in [0.2, 0.25) is 6.79 Å². The predicted octanol–water partition coefficient (Wildman–Crippen LogP) is 3.95.